The maximum atomic E-state index is 12.4. The summed E-state index contributed by atoms with van der Waals surface area (Å²) in [4.78, 5) is 6.19. The fourth-order valence-electron chi connectivity index (χ4n) is 2.86. The van der Waals surface area contributed by atoms with Gasteiger partial charge in [0, 0.05) is 13.1 Å². The van der Waals surface area contributed by atoms with Crippen molar-refractivity contribution in [3.63, 3.8) is 0 Å². The Kier molecular flexibility index (Phi) is 4.94. The Morgan fingerprint density at radius 3 is 2.38 bits per heavy atom. The summed E-state index contributed by atoms with van der Waals surface area (Å²) in [7, 11) is -4.85. The highest BCUT2D eigenvalue weighted by Crippen LogP contribution is 2.23. The number of hydrogen-bond donors (Lipinski definition) is 1. The monoisotopic (exact) mass is 395 g/mol. The predicted octanol–water partition coefficient (Wildman–Crippen LogP) is 1.81. The van der Waals surface area contributed by atoms with Crippen LogP contribution in [0.15, 0.2) is 47.5 Å². The predicted molar refractivity (Wildman–Crippen MR) is 102 cm³/mol. The van der Waals surface area contributed by atoms with Crippen LogP contribution in [0.2, 0.25) is 0 Å². The van der Waals surface area contributed by atoms with Gasteiger partial charge in [0.05, 0.1) is 28.3 Å². The van der Waals surface area contributed by atoms with Gasteiger partial charge in [0.1, 0.15) is 5.82 Å². The van der Waals surface area contributed by atoms with E-state index in [-0.39, 0.29) is 28.3 Å². The molecule has 2 heterocycles. The molecule has 3 rings (SSSR count). The van der Waals surface area contributed by atoms with Crippen LogP contribution in [0.5, 0.6) is 0 Å². The van der Waals surface area contributed by atoms with E-state index < -0.39 is 19.9 Å². The van der Waals surface area contributed by atoms with E-state index in [1.807, 2.05) is 18.9 Å². The summed E-state index contributed by atoms with van der Waals surface area (Å²) in [5.74, 6) is 0.539. The second-order valence-electron chi connectivity index (χ2n) is 6.49. The molecule has 0 bridgehead atoms. The number of anilines is 2. The lowest BCUT2D eigenvalue weighted by Gasteiger charge is -2.25. The van der Waals surface area contributed by atoms with Gasteiger partial charge >= 0.3 is 0 Å². The van der Waals surface area contributed by atoms with E-state index in [1.54, 1.807) is 36.4 Å². The van der Waals surface area contributed by atoms with Crippen molar-refractivity contribution in [3.05, 3.63) is 48.2 Å². The third kappa shape index (κ3) is 4.16. The Balaban J connectivity index is 1.72. The highest BCUT2D eigenvalue weighted by molar-refractivity contribution is 7.92. The van der Waals surface area contributed by atoms with Crippen LogP contribution in [0.1, 0.15) is 12.0 Å². The molecule has 0 spiro atoms. The third-order valence-corrected chi connectivity index (χ3v) is 7.60. The van der Waals surface area contributed by atoms with Crippen LogP contribution >= 0.6 is 0 Å². The van der Waals surface area contributed by atoms with Crippen LogP contribution in [-0.4, -0.2) is 46.4 Å². The molecule has 0 amide bonds. The average molecular weight is 396 g/mol. The van der Waals surface area contributed by atoms with Crippen LogP contribution in [0.25, 0.3) is 0 Å². The van der Waals surface area contributed by atoms with Crippen molar-refractivity contribution in [2.45, 2.75) is 24.3 Å². The maximum absolute atomic E-state index is 12.4. The summed E-state index contributed by atoms with van der Waals surface area (Å²) in [5.41, 5.74) is 1.72. The number of sulfonamides is 1. The van der Waals surface area contributed by atoms with Gasteiger partial charge in [0.15, 0.2) is 9.84 Å². The molecule has 1 aliphatic heterocycles. The summed E-state index contributed by atoms with van der Waals surface area (Å²) in [5, 5.41) is 0. The molecule has 1 aromatic heterocycles. The summed E-state index contributed by atoms with van der Waals surface area (Å²) in [6.07, 6.45) is 2.12. The van der Waals surface area contributed by atoms with Gasteiger partial charge in [-0.2, -0.15) is 0 Å². The summed E-state index contributed by atoms with van der Waals surface area (Å²) in [6.45, 7) is 1.89. The lowest BCUT2D eigenvalue weighted by Crippen LogP contribution is -2.32. The largest absolute Gasteiger partial charge is 0.369 e. The van der Waals surface area contributed by atoms with E-state index in [0.29, 0.717) is 6.42 Å². The molecule has 1 saturated heterocycles. The van der Waals surface area contributed by atoms with Crippen molar-refractivity contribution in [2.75, 3.05) is 28.2 Å². The molecule has 2 aromatic rings. The van der Waals surface area contributed by atoms with E-state index in [1.165, 1.54) is 6.20 Å². The fraction of sp³-hybridized carbons (Fsp3) is 0.353. The van der Waals surface area contributed by atoms with E-state index in [9.17, 15) is 16.8 Å². The van der Waals surface area contributed by atoms with E-state index >= 15 is 0 Å². The molecular formula is C17H21N3O4S2. The first-order chi connectivity index (χ1) is 12.2. The lowest BCUT2D eigenvalue weighted by atomic mass is 10.2. The van der Waals surface area contributed by atoms with Crippen LogP contribution in [0, 0.1) is 6.92 Å². The molecule has 0 aliphatic carbocycles. The number of aromatic nitrogens is 1. The Bertz CT molecular complexity index is 985. The van der Waals surface area contributed by atoms with Crippen LogP contribution in [-0.2, 0) is 19.9 Å². The standard InChI is InChI=1S/C17H21N3O4S2/c1-13-3-6-16(7-4-13)26(23,24)19-17-8-5-14(11-18-17)20(2)15-9-10-25(21,22)12-15/h3-8,11,15H,9-10,12H2,1-2H3,(H,18,19). The zero-order chi connectivity index (χ0) is 18.9. The number of sulfone groups is 1. The van der Waals surface area contributed by atoms with Gasteiger partial charge in [0.2, 0.25) is 0 Å². The normalized spacial score (nSPS) is 19.2. The molecule has 140 valence electrons. The lowest BCUT2D eigenvalue weighted by molar-refractivity contribution is 0.599. The molecule has 0 radical (unpaired) electrons. The highest BCUT2D eigenvalue weighted by atomic mass is 32.2. The minimum atomic E-state index is -3.70. The summed E-state index contributed by atoms with van der Waals surface area (Å²) < 4.78 is 50.5. The second-order valence-corrected chi connectivity index (χ2v) is 10.4. The third-order valence-electron chi connectivity index (χ3n) is 4.48. The number of benzene rings is 1. The molecule has 9 heteroatoms. The first-order valence-corrected chi connectivity index (χ1v) is 11.5. The number of nitrogens with one attached hydrogen (secondary N) is 1. The van der Waals surface area contributed by atoms with Gasteiger partial charge in [0.25, 0.3) is 10.0 Å². The number of pyridine rings is 1. The van der Waals surface area contributed by atoms with Gasteiger partial charge in [-0.15, -0.1) is 0 Å². The Morgan fingerprint density at radius 2 is 1.85 bits per heavy atom. The zero-order valence-electron chi connectivity index (χ0n) is 14.6. The van der Waals surface area contributed by atoms with E-state index in [0.717, 1.165) is 11.3 Å². The van der Waals surface area contributed by atoms with Crippen LogP contribution < -0.4 is 9.62 Å². The Hall–Kier alpha value is -2.13. The number of aryl methyl sites for hydroxylation is 1. The highest BCUT2D eigenvalue weighted by Gasteiger charge is 2.30. The summed E-state index contributed by atoms with van der Waals surface area (Å²) >= 11 is 0. The molecule has 1 N–H and O–H groups in total. The molecule has 26 heavy (non-hydrogen) atoms. The molecule has 7 nitrogen and oxygen atoms in total. The van der Waals surface area contributed by atoms with Crippen molar-refractivity contribution < 1.29 is 16.8 Å². The van der Waals surface area contributed by atoms with Gasteiger partial charge in [-0.05, 0) is 37.6 Å². The number of hydrogen-bond acceptors (Lipinski definition) is 6. The molecule has 1 aliphatic rings. The Morgan fingerprint density at radius 1 is 1.15 bits per heavy atom. The van der Waals surface area contributed by atoms with E-state index in [4.69, 9.17) is 0 Å². The quantitative estimate of drug-likeness (QED) is 0.829. The summed E-state index contributed by atoms with van der Waals surface area (Å²) in [6, 6.07) is 9.76. The number of rotatable bonds is 5. The van der Waals surface area contributed by atoms with Crippen LogP contribution in [0.3, 0.4) is 0 Å². The molecular weight excluding hydrogens is 374 g/mol. The van der Waals surface area contributed by atoms with Crippen molar-refractivity contribution in [1.29, 1.82) is 0 Å². The number of nitrogens with zero attached hydrogens (tertiary/aromatic N) is 2. The Labute approximate surface area is 154 Å². The fourth-order valence-corrected chi connectivity index (χ4v) is 5.64. The zero-order valence-corrected chi connectivity index (χ0v) is 16.2. The SMILES string of the molecule is Cc1ccc(S(=O)(=O)Nc2ccc(N(C)C3CCS(=O)(=O)C3)cn2)cc1. The topological polar surface area (TPSA) is 96.4 Å². The molecule has 1 atom stereocenters. The minimum Gasteiger partial charge on any atom is -0.369 e. The van der Waals surface area contributed by atoms with Gasteiger partial charge in [-0.1, -0.05) is 17.7 Å². The van der Waals surface area contributed by atoms with Gasteiger partial charge in [-0.3, -0.25) is 4.72 Å². The average Bonchev–Trinajstić information content (AvgIpc) is 2.95. The van der Waals surface area contributed by atoms with Crippen molar-refractivity contribution in [2.24, 2.45) is 0 Å². The molecule has 1 unspecified atom stereocenters. The first kappa shape index (κ1) is 18.7. The van der Waals surface area contributed by atoms with Crippen molar-refractivity contribution in [3.8, 4) is 0 Å². The van der Waals surface area contributed by atoms with Crippen molar-refractivity contribution >= 4 is 31.4 Å². The molecule has 0 saturated carbocycles. The van der Waals surface area contributed by atoms with Gasteiger partial charge in [-0.25, -0.2) is 21.8 Å². The second kappa shape index (κ2) is 6.88. The van der Waals surface area contributed by atoms with E-state index in [2.05, 4.69) is 9.71 Å². The van der Waals surface area contributed by atoms with Gasteiger partial charge < -0.3 is 4.90 Å². The van der Waals surface area contributed by atoms with Crippen molar-refractivity contribution in [1.82, 2.24) is 4.98 Å². The molecule has 1 fully saturated rings. The smallest absolute Gasteiger partial charge is 0.263 e. The first-order valence-electron chi connectivity index (χ1n) is 8.15. The minimum absolute atomic E-state index is 0.0862. The maximum Gasteiger partial charge on any atom is 0.263 e. The molecule has 1 aromatic carbocycles. The van der Waals surface area contributed by atoms with Crippen LogP contribution in [0.4, 0.5) is 11.5 Å².